The molecule has 140 valence electrons. The average molecular weight is 370 g/mol. The van der Waals surface area contributed by atoms with Gasteiger partial charge in [-0.15, -0.1) is 0 Å². The van der Waals surface area contributed by atoms with E-state index in [1.54, 1.807) is 4.90 Å². The smallest absolute Gasteiger partial charge is 0.410 e. The maximum absolute atomic E-state index is 12.2. The molecular weight excluding hydrogens is 344 g/mol. The number of carbonyl (C=O) groups excluding carboxylic acids is 1. The summed E-state index contributed by atoms with van der Waals surface area (Å²) in [7, 11) is 0. The van der Waals surface area contributed by atoms with Crippen molar-refractivity contribution in [1.29, 1.82) is 0 Å². The Morgan fingerprint density at radius 3 is 2.56 bits per heavy atom. The predicted molar refractivity (Wildman–Crippen MR) is 94.8 cm³/mol. The summed E-state index contributed by atoms with van der Waals surface area (Å²) in [4.78, 5) is 13.8. The van der Waals surface area contributed by atoms with E-state index in [1.807, 2.05) is 45.0 Å². The first kappa shape index (κ1) is 19.8. The molecule has 25 heavy (non-hydrogen) atoms. The van der Waals surface area contributed by atoms with E-state index in [9.17, 15) is 13.6 Å². The van der Waals surface area contributed by atoms with Crippen molar-refractivity contribution in [2.45, 2.75) is 45.4 Å². The van der Waals surface area contributed by atoms with Crippen LogP contribution in [0.2, 0.25) is 0 Å². The fourth-order valence-electron chi connectivity index (χ4n) is 2.87. The number of benzene rings is 1. The number of rotatable bonds is 5. The Hall–Kier alpha value is -1.48. The van der Waals surface area contributed by atoms with Crippen molar-refractivity contribution < 1.29 is 22.5 Å². The van der Waals surface area contributed by atoms with Crippen LogP contribution in [0.25, 0.3) is 0 Å². The summed E-state index contributed by atoms with van der Waals surface area (Å²) in [6.45, 7) is 6.82. The molecule has 3 atom stereocenters. The number of amides is 1. The van der Waals surface area contributed by atoms with Crippen molar-refractivity contribution in [3.8, 4) is 0 Å². The second-order valence-electron chi connectivity index (χ2n) is 7.15. The highest BCUT2D eigenvalue weighted by atomic mass is 32.2. The molecule has 0 bridgehead atoms. The highest BCUT2D eigenvalue weighted by Gasteiger charge is 2.36. The van der Waals surface area contributed by atoms with Crippen LogP contribution < -0.4 is 5.73 Å². The predicted octanol–water partition coefficient (Wildman–Crippen LogP) is 2.60. The molecule has 8 heteroatoms. The summed E-state index contributed by atoms with van der Waals surface area (Å²) in [5, 5.41) is 0. The molecule has 7 nitrogen and oxygen atoms in total. The van der Waals surface area contributed by atoms with Gasteiger partial charge in [-0.2, -0.15) is 4.21 Å². The molecule has 0 aliphatic carbocycles. The van der Waals surface area contributed by atoms with Gasteiger partial charge in [0.15, 0.2) is 0 Å². The van der Waals surface area contributed by atoms with Crippen LogP contribution in [0, 0.1) is 5.92 Å². The van der Waals surface area contributed by atoms with Gasteiger partial charge in [0.2, 0.25) is 0 Å². The van der Waals surface area contributed by atoms with Gasteiger partial charge in [0.25, 0.3) is 0 Å². The van der Waals surface area contributed by atoms with Crippen LogP contribution in [0.4, 0.5) is 4.79 Å². The molecule has 1 fully saturated rings. The van der Waals surface area contributed by atoms with Crippen molar-refractivity contribution in [3.05, 3.63) is 35.4 Å². The molecule has 2 rings (SSSR count). The van der Waals surface area contributed by atoms with E-state index >= 15 is 0 Å². The molecule has 1 aliphatic rings. The molecule has 1 saturated heterocycles. The molecule has 1 aromatic carbocycles. The third-order valence-corrected chi connectivity index (χ3v) is 4.41. The number of ether oxygens (including phenoxy) is 1. The van der Waals surface area contributed by atoms with Gasteiger partial charge in [0, 0.05) is 25.6 Å². The molecule has 0 saturated carbocycles. The summed E-state index contributed by atoms with van der Waals surface area (Å²) in [5.41, 5.74) is 6.80. The molecular formula is C17H26N2O5S. The van der Waals surface area contributed by atoms with Gasteiger partial charge in [0.05, 0.1) is 0 Å². The summed E-state index contributed by atoms with van der Waals surface area (Å²) in [6.07, 6.45) is -0.290. The van der Waals surface area contributed by atoms with Gasteiger partial charge < -0.3 is 15.4 Å². The Morgan fingerprint density at radius 2 is 2.04 bits per heavy atom. The van der Waals surface area contributed by atoms with E-state index < -0.39 is 23.1 Å². The average Bonchev–Trinajstić information content (AvgIpc) is 3.01. The first-order chi connectivity index (χ1) is 11.7. The normalized spacial score (nSPS) is 20.4. The van der Waals surface area contributed by atoms with Crippen LogP contribution in [0.5, 0.6) is 0 Å². The zero-order valence-corrected chi connectivity index (χ0v) is 15.6. The number of nitrogens with two attached hydrogens (primary N) is 1. The quantitative estimate of drug-likeness (QED) is 0.773. The van der Waals surface area contributed by atoms with Gasteiger partial charge in [0.1, 0.15) is 11.7 Å². The van der Waals surface area contributed by atoms with E-state index in [0.29, 0.717) is 26.1 Å². The number of likely N-dealkylation sites (tertiary alicyclic amines) is 1. The zero-order chi connectivity index (χ0) is 18.6. The van der Waals surface area contributed by atoms with Crippen molar-refractivity contribution in [3.63, 3.8) is 0 Å². The van der Waals surface area contributed by atoms with Gasteiger partial charge in [-0.1, -0.05) is 24.3 Å². The second-order valence-corrected chi connectivity index (χ2v) is 7.78. The first-order valence-electron chi connectivity index (χ1n) is 8.24. The molecule has 0 radical (unpaired) electrons. The highest BCUT2D eigenvalue weighted by molar-refractivity contribution is 7.74. The Kier molecular flexibility index (Phi) is 6.56. The van der Waals surface area contributed by atoms with Crippen molar-refractivity contribution in [2.24, 2.45) is 11.7 Å². The lowest BCUT2D eigenvalue weighted by Crippen LogP contribution is -2.35. The summed E-state index contributed by atoms with van der Waals surface area (Å²) >= 11 is -2.40. The van der Waals surface area contributed by atoms with E-state index in [1.165, 1.54) is 0 Å². The number of hydrogen-bond acceptors (Lipinski definition) is 5. The van der Waals surface area contributed by atoms with Crippen molar-refractivity contribution in [1.82, 2.24) is 4.90 Å². The van der Waals surface area contributed by atoms with Crippen LogP contribution in [0.3, 0.4) is 0 Å². The van der Waals surface area contributed by atoms with Gasteiger partial charge in [-0.3, -0.25) is 8.74 Å². The molecule has 1 amide bonds. The summed E-state index contributed by atoms with van der Waals surface area (Å²) in [5.74, 6) is -0.0904. The molecule has 1 heterocycles. The molecule has 1 aliphatic heterocycles. The lowest BCUT2D eigenvalue weighted by Gasteiger charge is -2.26. The number of nitrogens with zero attached hydrogens (tertiary/aromatic N) is 1. The van der Waals surface area contributed by atoms with Crippen LogP contribution in [-0.4, -0.2) is 38.4 Å². The van der Waals surface area contributed by atoms with Crippen molar-refractivity contribution in [2.75, 3.05) is 13.1 Å². The minimum absolute atomic E-state index is 0.0904. The molecule has 0 spiro atoms. The Bertz CT molecular complexity index is 614. The van der Waals surface area contributed by atoms with Crippen LogP contribution in [-0.2, 0) is 26.8 Å². The summed E-state index contributed by atoms with van der Waals surface area (Å²) < 4.78 is 31.1. The largest absolute Gasteiger partial charge is 0.444 e. The fraction of sp³-hybridized carbons (Fsp3) is 0.588. The lowest BCUT2D eigenvalue weighted by molar-refractivity contribution is 0.0275. The maximum Gasteiger partial charge on any atom is 0.410 e. The van der Waals surface area contributed by atoms with Crippen LogP contribution >= 0.6 is 0 Å². The van der Waals surface area contributed by atoms with E-state index in [4.69, 9.17) is 14.7 Å². The molecule has 3 unspecified atom stereocenters. The maximum atomic E-state index is 12.2. The van der Waals surface area contributed by atoms with E-state index in [2.05, 4.69) is 0 Å². The van der Waals surface area contributed by atoms with Crippen molar-refractivity contribution >= 4 is 17.5 Å². The standard InChI is InChI=1S/C17H26N2O5S/c1-17(2,3)23-16(20)19-9-8-14(11-19)15(24-25(21)22)13-6-4-12(10-18)5-7-13/h4-7,14-15H,8-11,18H2,1-3H3,(H,21,22). The van der Waals surface area contributed by atoms with Gasteiger partial charge in [-0.25, -0.2) is 4.79 Å². The lowest BCUT2D eigenvalue weighted by atomic mass is 9.94. The number of carbonyl (C=O) groups is 1. The third-order valence-electron chi connectivity index (χ3n) is 4.03. The Labute approximate surface area is 151 Å². The van der Waals surface area contributed by atoms with Crippen LogP contribution in [0.15, 0.2) is 24.3 Å². The van der Waals surface area contributed by atoms with E-state index in [-0.39, 0.29) is 12.0 Å². The fourth-order valence-corrected chi connectivity index (χ4v) is 3.31. The van der Waals surface area contributed by atoms with Crippen LogP contribution in [0.1, 0.15) is 44.4 Å². The Morgan fingerprint density at radius 1 is 1.40 bits per heavy atom. The summed E-state index contributed by atoms with van der Waals surface area (Å²) in [6, 6.07) is 7.42. The third kappa shape index (κ3) is 5.78. The molecule has 3 N–H and O–H groups in total. The van der Waals surface area contributed by atoms with Gasteiger partial charge >= 0.3 is 17.5 Å². The first-order valence-corrected chi connectivity index (χ1v) is 9.27. The minimum Gasteiger partial charge on any atom is -0.444 e. The zero-order valence-electron chi connectivity index (χ0n) is 14.8. The highest BCUT2D eigenvalue weighted by Crippen LogP contribution is 2.34. The number of hydrogen-bond donors (Lipinski definition) is 2. The molecule has 0 aromatic heterocycles. The van der Waals surface area contributed by atoms with Gasteiger partial charge in [-0.05, 0) is 38.3 Å². The SMILES string of the molecule is CC(C)(C)OC(=O)N1CCC(C(OS(=O)O)c2ccc(CN)cc2)C1. The molecule has 1 aromatic rings. The minimum atomic E-state index is -2.40. The van der Waals surface area contributed by atoms with E-state index in [0.717, 1.165) is 11.1 Å². The Balaban J connectivity index is 2.11. The topological polar surface area (TPSA) is 102 Å². The second kappa shape index (κ2) is 8.27. The monoisotopic (exact) mass is 370 g/mol.